The molecule has 0 saturated heterocycles. The molecule has 1 aliphatic heterocycles. The van der Waals surface area contributed by atoms with E-state index in [-0.39, 0.29) is 0 Å². The van der Waals surface area contributed by atoms with Crippen molar-refractivity contribution in [3.05, 3.63) is 22.2 Å². The number of benzene rings is 1. The van der Waals surface area contributed by atoms with Crippen LogP contribution in [0.15, 0.2) is 16.6 Å². The highest BCUT2D eigenvalue weighted by atomic mass is 79.9. The lowest BCUT2D eigenvalue weighted by Gasteiger charge is -2.21. The summed E-state index contributed by atoms with van der Waals surface area (Å²) >= 11 is 5.43. The van der Waals surface area contributed by atoms with Crippen LogP contribution in [-0.2, 0) is 6.54 Å². The van der Waals surface area contributed by atoms with E-state index in [0.717, 1.165) is 34.7 Å². The van der Waals surface area contributed by atoms with E-state index in [1.807, 2.05) is 11.8 Å². The van der Waals surface area contributed by atoms with Gasteiger partial charge in [-0.05, 0) is 46.3 Å². The molecule has 1 N–H and O–H groups in total. The maximum atomic E-state index is 5.64. The molecule has 1 heterocycles. The van der Waals surface area contributed by atoms with Crippen molar-refractivity contribution in [1.82, 2.24) is 5.32 Å². The number of hydrogen-bond donors (Lipinski definition) is 1. The summed E-state index contributed by atoms with van der Waals surface area (Å²) < 4.78 is 12.2. The average Bonchev–Trinajstić information content (AvgIpc) is 2.43. The van der Waals surface area contributed by atoms with Gasteiger partial charge in [0.25, 0.3) is 0 Å². The highest BCUT2D eigenvalue weighted by Gasteiger charge is 2.16. The zero-order valence-corrected chi connectivity index (χ0v) is 13.8. The Morgan fingerprint density at radius 2 is 2.16 bits per heavy atom. The van der Waals surface area contributed by atoms with Crippen LogP contribution in [0.3, 0.4) is 0 Å². The molecule has 0 aliphatic carbocycles. The molecule has 0 amide bonds. The van der Waals surface area contributed by atoms with Crippen molar-refractivity contribution in [3.63, 3.8) is 0 Å². The van der Waals surface area contributed by atoms with E-state index in [1.165, 1.54) is 5.56 Å². The van der Waals surface area contributed by atoms with Gasteiger partial charge in [-0.1, -0.05) is 6.92 Å². The van der Waals surface area contributed by atoms with Crippen molar-refractivity contribution in [2.75, 3.05) is 25.2 Å². The van der Waals surface area contributed by atoms with E-state index < -0.39 is 0 Å². The van der Waals surface area contributed by atoms with Gasteiger partial charge in [-0.15, -0.1) is 0 Å². The Morgan fingerprint density at radius 3 is 2.89 bits per heavy atom. The number of fused-ring (bicyclic) bond motifs is 1. The van der Waals surface area contributed by atoms with Crippen LogP contribution in [0.25, 0.3) is 0 Å². The first-order valence-corrected chi connectivity index (χ1v) is 8.73. The largest absolute Gasteiger partial charge is 0.486 e. The number of rotatable bonds is 6. The molecule has 1 aromatic rings. The van der Waals surface area contributed by atoms with Gasteiger partial charge >= 0.3 is 0 Å². The SMILES string of the molecule is CCC(CSC)NCc1cc(Br)c2c(c1)OCCO2. The Kier molecular flexibility index (Phi) is 5.85. The predicted molar refractivity (Wildman–Crippen MR) is 84.4 cm³/mol. The minimum Gasteiger partial charge on any atom is -0.486 e. The lowest BCUT2D eigenvalue weighted by atomic mass is 10.1. The molecule has 0 aromatic heterocycles. The molecule has 106 valence electrons. The van der Waals surface area contributed by atoms with Gasteiger partial charge in [0.15, 0.2) is 11.5 Å². The maximum Gasteiger partial charge on any atom is 0.175 e. The first-order valence-electron chi connectivity index (χ1n) is 6.55. The highest BCUT2D eigenvalue weighted by Crippen LogP contribution is 2.38. The second kappa shape index (κ2) is 7.41. The summed E-state index contributed by atoms with van der Waals surface area (Å²) in [5, 5.41) is 3.58. The van der Waals surface area contributed by atoms with Crippen LogP contribution < -0.4 is 14.8 Å². The molecule has 0 saturated carbocycles. The van der Waals surface area contributed by atoms with Crippen LogP contribution in [0.2, 0.25) is 0 Å². The molecule has 0 spiro atoms. The molecule has 0 radical (unpaired) electrons. The summed E-state index contributed by atoms with van der Waals surface area (Å²) in [5.74, 6) is 2.81. The summed E-state index contributed by atoms with van der Waals surface area (Å²) in [5.41, 5.74) is 1.22. The number of hydrogen-bond acceptors (Lipinski definition) is 4. The second-order valence-electron chi connectivity index (χ2n) is 4.54. The van der Waals surface area contributed by atoms with Gasteiger partial charge < -0.3 is 14.8 Å². The molecule has 19 heavy (non-hydrogen) atoms. The first kappa shape index (κ1) is 15.0. The third-order valence-electron chi connectivity index (χ3n) is 3.11. The Bertz CT molecular complexity index is 428. The van der Waals surface area contributed by atoms with Crippen LogP contribution in [0, 0.1) is 0 Å². The van der Waals surface area contributed by atoms with Crippen molar-refractivity contribution in [3.8, 4) is 11.5 Å². The summed E-state index contributed by atoms with van der Waals surface area (Å²) in [6.45, 7) is 4.32. The predicted octanol–water partition coefficient (Wildman–Crippen LogP) is 3.45. The number of halogens is 1. The molecule has 1 unspecified atom stereocenters. The van der Waals surface area contributed by atoms with Crippen LogP contribution in [0.1, 0.15) is 18.9 Å². The summed E-state index contributed by atoms with van der Waals surface area (Å²) in [6.07, 6.45) is 3.29. The molecule has 1 aliphatic rings. The van der Waals surface area contributed by atoms with E-state index in [0.29, 0.717) is 19.3 Å². The van der Waals surface area contributed by atoms with E-state index in [2.05, 4.69) is 46.6 Å². The average molecular weight is 346 g/mol. The van der Waals surface area contributed by atoms with Gasteiger partial charge in [0, 0.05) is 18.3 Å². The summed E-state index contributed by atoms with van der Waals surface area (Å²) in [4.78, 5) is 0. The third-order valence-corrected chi connectivity index (χ3v) is 4.44. The smallest absolute Gasteiger partial charge is 0.175 e. The summed E-state index contributed by atoms with van der Waals surface area (Å²) in [6, 6.07) is 4.73. The zero-order chi connectivity index (χ0) is 13.7. The van der Waals surface area contributed by atoms with Crippen molar-refractivity contribution in [1.29, 1.82) is 0 Å². The number of ether oxygens (including phenoxy) is 2. The minimum atomic E-state index is 0.557. The monoisotopic (exact) mass is 345 g/mol. The third kappa shape index (κ3) is 4.04. The number of thioether (sulfide) groups is 1. The molecule has 2 rings (SSSR count). The Hall–Kier alpha value is -0.390. The van der Waals surface area contributed by atoms with Crippen LogP contribution >= 0.6 is 27.7 Å². The first-order chi connectivity index (χ1) is 9.24. The van der Waals surface area contributed by atoms with Gasteiger partial charge in [-0.25, -0.2) is 0 Å². The highest BCUT2D eigenvalue weighted by molar-refractivity contribution is 9.10. The fraction of sp³-hybridized carbons (Fsp3) is 0.571. The Balaban J connectivity index is 2.02. The molecule has 1 aromatic carbocycles. The van der Waals surface area contributed by atoms with E-state index >= 15 is 0 Å². The van der Waals surface area contributed by atoms with Crippen molar-refractivity contribution < 1.29 is 9.47 Å². The van der Waals surface area contributed by atoms with Gasteiger partial charge in [-0.3, -0.25) is 0 Å². The molecule has 0 fully saturated rings. The van der Waals surface area contributed by atoms with Crippen LogP contribution in [0.5, 0.6) is 11.5 Å². The van der Waals surface area contributed by atoms with Gasteiger partial charge in [0.1, 0.15) is 13.2 Å². The lowest BCUT2D eigenvalue weighted by molar-refractivity contribution is 0.170. The van der Waals surface area contributed by atoms with E-state index in [1.54, 1.807) is 0 Å². The second-order valence-corrected chi connectivity index (χ2v) is 6.31. The topological polar surface area (TPSA) is 30.5 Å². The van der Waals surface area contributed by atoms with Crippen molar-refractivity contribution in [2.45, 2.75) is 25.9 Å². The minimum absolute atomic E-state index is 0.557. The Morgan fingerprint density at radius 1 is 1.37 bits per heavy atom. The van der Waals surface area contributed by atoms with Crippen LogP contribution in [-0.4, -0.2) is 31.3 Å². The number of nitrogens with one attached hydrogen (secondary N) is 1. The quantitative estimate of drug-likeness (QED) is 0.855. The molecule has 1 atom stereocenters. The molecular weight excluding hydrogens is 326 g/mol. The van der Waals surface area contributed by atoms with Crippen LogP contribution in [0.4, 0.5) is 0 Å². The Labute approximate surface area is 127 Å². The molecular formula is C14H20BrNO2S. The standard InChI is InChI=1S/C14H20BrNO2S/c1-3-11(9-19-2)16-8-10-6-12(15)14-13(7-10)17-4-5-18-14/h6-7,11,16H,3-5,8-9H2,1-2H3. The zero-order valence-electron chi connectivity index (χ0n) is 11.4. The normalized spacial score (nSPS) is 15.3. The van der Waals surface area contributed by atoms with Crippen molar-refractivity contribution >= 4 is 27.7 Å². The van der Waals surface area contributed by atoms with E-state index in [9.17, 15) is 0 Å². The van der Waals surface area contributed by atoms with Crippen molar-refractivity contribution in [2.24, 2.45) is 0 Å². The fourth-order valence-electron chi connectivity index (χ4n) is 2.05. The summed E-state index contributed by atoms with van der Waals surface area (Å²) in [7, 11) is 0. The lowest BCUT2D eigenvalue weighted by Crippen LogP contribution is -2.30. The molecule has 3 nitrogen and oxygen atoms in total. The van der Waals surface area contributed by atoms with Gasteiger partial charge in [-0.2, -0.15) is 11.8 Å². The van der Waals surface area contributed by atoms with E-state index in [4.69, 9.17) is 9.47 Å². The van der Waals surface area contributed by atoms with Gasteiger partial charge in [0.2, 0.25) is 0 Å². The fourth-order valence-corrected chi connectivity index (χ4v) is 3.41. The van der Waals surface area contributed by atoms with Gasteiger partial charge in [0.05, 0.1) is 4.47 Å². The molecule has 5 heteroatoms. The maximum absolute atomic E-state index is 5.64. The molecule has 0 bridgehead atoms.